The Morgan fingerprint density at radius 3 is 2.86 bits per heavy atom. The molecule has 0 bridgehead atoms. The second-order valence-electron chi connectivity index (χ2n) is 4.64. The van der Waals surface area contributed by atoms with E-state index in [9.17, 15) is 4.79 Å². The average Bonchev–Trinajstić information content (AvgIpc) is 2.99. The van der Waals surface area contributed by atoms with Crippen LogP contribution in [0.1, 0.15) is 12.8 Å². The van der Waals surface area contributed by atoms with Gasteiger partial charge in [-0.3, -0.25) is 4.79 Å². The summed E-state index contributed by atoms with van der Waals surface area (Å²) < 4.78 is 5.99. The Morgan fingerprint density at radius 1 is 1.48 bits per heavy atom. The number of carbonyl (C=O) groups excluding carboxylic acids is 1. The van der Waals surface area contributed by atoms with Gasteiger partial charge >= 0.3 is 0 Å². The zero-order chi connectivity index (χ0) is 15.2. The van der Waals surface area contributed by atoms with E-state index >= 15 is 0 Å². The molecule has 1 aliphatic heterocycles. The Kier molecular flexibility index (Phi) is 6.14. The van der Waals surface area contributed by atoms with E-state index in [1.54, 1.807) is 25.3 Å². The maximum Gasteiger partial charge on any atom is 0.234 e. The van der Waals surface area contributed by atoms with Crippen molar-refractivity contribution in [3.63, 3.8) is 0 Å². The first kappa shape index (κ1) is 16.4. The normalized spacial score (nSPS) is 14.1. The number of amides is 1. The molecule has 1 fully saturated rings. The predicted octanol–water partition coefficient (Wildman–Crippen LogP) is 3.40. The van der Waals surface area contributed by atoms with Gasteiger partial charge in [0.2, 0.25) is 5.91 Å². The summed E-state index contributed by atoms with van der Waals surface area (Å²) in [4.78, 5) is 14.1. The third-order valence-corrected chi connectivity index (χ3v) is 4.89. The van der Waals surface area contributed by atoms with E-state index in [4.69, 9.17) is 28.6 Å². The first-order valence-electron chi connectivity index (χ1n) is 6.65. The fraction of sp³-hybridized carbons (Fsp3) is 0.429. The summed E-state index contributed by atoms with van der Waals surface area (Å²) in [5.41, 5.74) is 0.572. The number of methoxy groups -OCH3 is 1. The van der Waals surface area contributed by atoms with Crippen molar-refractivity contribution in [1.82, 2.24) is 4.90 Å². The van der Waals surface area contributed by atoms with Gasteiger partial charge in [-0.1, -0.05) is 35.6 Å². The molecule has 1 amide bonds. The number of likely N-dealkylation sites (tertiary alicyclic amines) is 1. The van der Waals surface area contributed by atoms with Crippen molar-refractivity contribution in [2.45, 2.75) is 12.8 Å². The molecule has 21 heavy (non-hydrogen) atoms. The van der Waals surface area contributed by atoms with Crippen molar-refractivity contribution in [2.75, 3.05) is 31.3 Å². The van der Waals surface area contributed by atoms with Crippen molar-refractivity contribution in [3.8, 4) is 5.75 Å². The molecule has 1 aromatic carbocycles. The Hall–Kier alpha value is -0.980. The molecule has 2 rings (SSSR count). The lowest BCUT2D eigenvalue weighted by molar-refractivity contribution is -0.113. The summed E-state index contributed by atoms with van der Waals surface area (Å²) >= 11 is 12.7. The molecule has 4 nitrogen and oxygen atoms in total. The maximum atomic E-state index is 12.0. The topological polar surface area (TPSA) is 41.6 Å². The number of hydrogen-bond donors (Lipinski definition) is 1. The van der Waals surface area contributed by atoms with Crippen molar-refractivity contribution in [3.05, 3.63) is 23.2 Å². The van der Waals surface area contributed by atoms with Crippen molar-refractivity contribution >= 4 is 51.5 Å². The van der Waals surface area contributed by atoms with Crippen LogP contribution in [0.3, 0.4) is 0 Å². The van der Waals surface area contributed by atoms with Gasteiger partial charge in [-0.2, -0.15) is 0 Å². The van der Waals surface area contributed by atoms with Gasteiger partial charge in [-0.05, 0) is 31.0 Å². The van der Waals surface area contributed by atoms with Crippen LogP contribution < -0.4 is 10.1 Å². The highest BCUT2D eigenvalue weighted by atomic mass is 35.5. The molecule has 0 saturated carbocycles. The molecule has 0 unspecified atom stereocenters. The molecule has 1 saturated heterocycles. The van der Waals surface area contributed by atoms with Gasteiger partial charge in [0.1, 0.15) is 10.1 Å². The van der Waals surface area contributed by atoms with Crippen LogP contribution in [0, 0.1) is 0 Å². The Bertz CT molecular complexity index is 534. The molecule has 0 aliphatic carbocycles. The Morgan fingerprint density at radius 2 is 2.19 bits per heavy atom. The fourth-order valence-corrected chi connectivity index (χ4v) is 3.31. The number of halogens is 1. The number of nitrogens with zero attached hydrogens (tertiary/aromatic N) is 1. The van der Waals surface area contributed by atoms with Crippen LogP contribution in [-0.2, 0) is 4.79 Å². The highest BCUT2D eigenvalue weighted by Crippen LogP contribution is 2.28. The number of rotatable bonds is 4. The monoisotopic (exact) mass is 344 g/mol. The summed E-state index contributed by atoms with van der Waals surface area (Å²) in [6.07, 6.45) is 2.35. The van der Waals surface area contributed by atoms with Gasteiger partial charge in [-0.15, -0.1) is 0 Å². The van der Waals surface area contributed by atoms with Crippen LogP contribution >= 0.6 is 35.6 Å². The average molecular weight is 345 g/mol. The van der Waals surface area contributed by atoms with E-state index in [-0.39, 0.29) is 11.7 Å². The smallest absolute Gasteiger partial charge is 0.234 e. The Labute approximate surface area is 139 Å². The Balaban J connectivity index is 1.86. The molecular weight excluding hydrogens is 328 g/mol. The van der Waals surface area contributed by atoms with Crippen molar-refractivity contribution < 1.29 is 9.53 Å². The molecule has 1 N–H and O–H groups in total. The van der Waals surface area contributed by atoms with Crippen molar-refractivity contribution in [2.24, 2.45) is 0 Å². The van der Waals surface area contributed by atoms with Gasteiger partial charge in [-0.25, -0.2) is 0 Å². The number of anilines is 1. The first-order chi connectivity index (χ1) is 10.1. The van der Waals surface area contributed by atoms with Gasteiger partial charge in [0.25, 0.3) is 0 Å². The molecule has 0 radical (unpaired) electrons. The fourth-order valence-electron chi connectivity index (χ4n) is 2.08. The quantitative estimate of drug-likeness (QED) is 0.848. The largest absolute Gasteiger partial charge is 0.495 e. The van der Waals surface area contributed by atoms with Crippen molar-refractivity contribution in [1.29, 1.82) is 0 Å². The number of nitrogens with one attached hydrogen (secondary N) is 1. The molecule has 114 valence electrons. The van der Waals surface area contributed by atoms with Gasteiger partial charge in [0, 0.05) is 18.1 Å². The lowest BCUT2D eigenvalue weighted by atomic mass is 10.3. The third-order valence-electron chi connectivity index (χ3n) is 3.13. The molecule has 1 aromatic rings. The van der Waals surface area contributed by atoms with Gasteiger partial charge in [0.05, 0.1) is 18.6 Å². The highest BCUT2D eigenvalue weighted by Gasteiger charge is 2.16. The summed E-state index contributed by atoms with van der Waals surface area (Å²) in [5.74, 6) is 0.743. The summed E-state index contributed by atoms with van der Waals surface area (Å²) in [6, 6.07) is 5.11. The zero-order valence-electron chi connectivity index (χ0n) is 11.7. The number of benzene rings is 1. The number of hydrogen-bond acceptors (Lipinski definition) is 4. The van der Waals surface area contributed by atoms with E-state index in [0.717, 1.165) is 17.4 Å². The van der Waals surface area contributed by atoms with Crippen LogP contribution in [0.25, 0.3) is 0 Å². The second kappa shape index (κ2) is 7.87. The predicted molar refractivity (Wildman–Crippen MR) is 92.5 cm³/mol. The number of carbonyl (C=O) groups is 1. The minimum atomic E-state index is -0.123. The van der Waals surface area contributed by atoms with Crippen LogP contribution in [0.15, 0.2) is 18.2 Å². The molecule has 0 aromatic heterocycles. The second-order valence-corrected chi connectivity index (χ2v) is 6.69. The minimum Gasteiger partial charge on any atom is -0.495 e. The standard InChI is InChI=1S/C14H17ClN2O2S2/c1-19-12-5-4-10(15)8-11(12)16-13(18)9-21-14(20)17-6-2-3-7-17/h4-5,8H,2-3,6-7,9H2,1H3,(H,16,18). The molecular formula is C14H17ClN2O2S2. The lowest BCUT2D eigenvalue weighted by Gasteiger charge is -2.17. The van der Waals surface area contributed by atoms with E-state index in [2.05, 4.69) is 10.2 Å². The molecule has 0 spiro atoms. The third kappa shape index (κ3) is 4.76. The molecule has 1 aliphatic rings. The lowest BCUT2D eigenvalue weighted by Crippen LogP contribution is -2.25. The van der Waals surface area contributed by atoms with E-state index in [0.29, 0.717) is 16.5 Å². The summed E-state index contributed by atoms with van der Waals surface area (Å²) in [6.45, 7) is 1.99. The maximum absolute atomic E-state index is 12.0. The van der Waals surface area contributed by atoms with E-state index < -0.39 is 0 Å². The molecule has 7 heteroatoms. The molecule has 0 atom stereocenters. The minimum absolute atomic E-state index is 0.123. The number of thiocarbonyl (C=S) groups is 1. The van der Waals surface area contributed by atoms with Crippen LogP contribution in [0.5, 0.6) is 5.75 Å². The number of ether oxygens (including phenoxy) is 1. The van der Waals surface area contributed by atoms with Crippen LogP contribution in [0.4, 0.5) is 5.69 Å². The molecule has 1 heterocycles. The van der Waals surface area contributed by atoms with Crippen LogP contribution in [0.2, 0.25) is 5.02 Å². The number of thioether (sulfide) groups is 1. The SMILES string of the molecule is COc1ccc(Cl)cc1NC(=O)CSC(=S)N1CCCC1. The first-order valence-corrected chi connectivity index (χ1v) is 8.42. The van der Waals surface area contributed by atoms with Crippen LogP contribution in [-0.4, -0.2) is 41.1 Å². The van der Waals surface area contributed by atoms with Gasteiger partial charge < -0.3 is 15.0 Å². The van der Waals surface area contributed by atoms with Gasteiger partial charge in [0.15, 0.2) is 0 Å². The summed E-state index contributed by atoms with van der Waals surface area (Å²) in [7, 11) is 1.55. The highest BCUT2D eigenvalue weighted by molar-refractivity contribution is 8.23. The summed E-state index contributed by atoms with van der Waals surface area (Å²) in [5, 5.41) is 3.35. The zero-order valence-corrected chi connectivity index (χ0v) is 14.1. The van der Waals surface area contributed by atoms with E-state index in [1.807, 2.05) is 0 Å². The van der Waals surface area contributed by atoms with E-state index in [1.165, 1.54) is 24.6 Å².